The number of carbonyl (C=O) groups excluding carboxylic acids is 1. The first-order valence-corrected chi connectivity index (χ1v) is 7.73. The predicted molar refractivity (Wildman–Crippen MR) is 85.0 cm³/mol. The number of nitrogens with zero attached hydrogens (tertiary/aromatic N) is 1. The Morgan fingerprint density at radius 2 is 1.85 bits per heavy atom. The molecule has 1 amide bonds. The van der Waals surface area contributed by atoms with E-state index in [0.29, 0.717) is 6.54 Å². The third-order valence-electron chi connectivity index (χ3n) is 3.27. The van der Waals surface area contributed by atoms with Gasteiger partial charge in [-0.2, -0.15) is 0 Å². The smallest absolute Gasteiger partial charge is 0.236 e. The van der Waals surface area contributed by atoms with Crippen LogP contribution in [0, 0.1) is 0 Å². The average molecular weight is 297 g/mol. The molecule has 0 aromatic heterocycles. The van der Waals surface area contributed by atoms with Crippen molar-refractivity contribution in [1.29, 1.82) is 0 Å². The zero-order chi connectivity index (χ0) is 15.0. The summed E-state index contributed by atoms with van der Waals surface area (Å²) in [5.74, 6) is 0.160. The van der Waals surface area contributed by atoms with Gasteiger partial charge >= 0.3 is 0 Å². The van der Waals surface area contributed by atoms with E-state index in [1.165, 1.54) is 0 Å². The molecule has 0 fully saturated rings. The zero-order valence-corrected chi connectivity index (χ0v) is 13.4. The van der Waals surface area contributed by atoms with Crippen LogP contribution in [0.4, 0.5) is 0 Å². The minimum Gasteiger partial charge on any atom is -0.342 e. The lowest BCUT2D eigenvalue weighted by Crippen LogP contribution is -2.39. The minimum atomic E-state index is 0.0674. The van der Waals surface area contributed by atoms with Crippen molar-refractivity contribution in [2.45, 2.75) is 39.7 Å². The van der Waals surface area contributed by atoms with Crippen molar-refractivity contribution in [3.8, 4) is 0 Å². The van der Waals surface area contributed by atoms with E-state index in [1.807, 2.05) is 36.1 Å². The molecule has 0 aliphatic heterocycles. The quantitative estimate of drug-likeness (QED) is 0.794. The summed E-state index contributed by atoms with van der Waals surface area (Å²) >= 11 is 6.16. The van der Waals surface area contributed by atoms with Gasteiger partial charge in [0.1, 0.15) is 0 Å². The Bertz CT molecular complexity index is 417. The molecule has 1 aromatic carbocycles. The molecule has 1 N–H and O–H groups in total. The molecule has 0 aliphatic rings. The van der Waals surface area contributed by atoms with Crippen molar-refractivity contribution in [2.75, 3.05) is 19.6 Å². The van der Waals surface area contributed by atoms with Gasteiger partial charge in [-0.15, -0.1) is 0 Å². The second-order valence-electron chi connectivity index (χ2n) is 5.00. The first kappa shape index (κ1) is 17.0. The molecular formula is C16H25ClN2O. The van der Waals surface area contributed by atoms with Gasteiger partial charge in [0.25, 0.3) is 0 Å². The normalized spacial score (nSPS) is 12.2. The molecule has 0 radical (unpaired) electrons. The number of halogens is 1. The van der Waals surface area contributed by atoms with Gasteiger partial charge in [0, 0.05) is 24.2 Å². The maximum Gasteiger partial charge on any atom is 0.236 e. The van der Waals surface area contributed by atoms with Crippen LogP contribution >= 0.6 is 11.6 Å². The molecule has 0 saturated heterocycles. The summed E-state index contributed by atoms with van der Waals surface area (Å²) in [6.07, 6.45) is 1.98. The van der Waals surface area contributed by atoms with Crippen molar-refractivity contribution in [2.24, 2.45) is 0 Å². The Hall–Kier alpha value is -1.06. The Labute approximate surface area is 127 Å². The highest BCUT2D eigenvalue weighted by molar-refractivity contribution is 6.31. The number of carbonyl (C=O) groups is 1. The average Bonchev–Trinajstić information content (AvgIpc) is 2.44. The highest BCUT2D eigenvalue weighted by atomic mass is 35.5. The highest BCUT2D eigenvalue weighted by Crippen LogP contribution is 2.21. The number of nitrogens with one attached hydrogen (secondary N) is 1. The number of amides is 1. The van der Waals surface area contributed by atoms with Crippen molar-refractivity contribution in [3.05, 3.63) is 34.9 Å². The summed E-state index contributed by atoms with van der Waals surface area (Å²) in [4.78, 5) is 14.1. The molecule has 1 unspecified atom stereocenters. The standard InChI is InChI=1S/C16H25ClN2O/c1-4-10-19(11-5-2)16(20)12-18-13(3)14-8-6-7-9-15(14)17/h6-9,13,18H,4-5,10-12H2,1-3H3. The van der Waals surface area contributed by atoms with Crippen LogP contribution in [0.1, 0.15) is 45.2 Å². The van der Waals surface area contributed by atoms with Crippen LogP contribution < -0.4 is 5.32 Å². The van der Waals surface area contributed by atoms with Crippen LogP contribution in [-0.2, 0) is 4.79 Å². The lowest BCUT2D eigenvalue weighted by atomic mass is 10.1. The lowest BCUT2D eigenvalue weighted by Gasteiger charge is -2.23. The largest absolute Gasteiger partial charge is 0.342 e. The van der Waals surface area contributed by atoms with Gasteiger partial charge in [-0.05, 0) is 31.4 Å². The van der Waals surface area contributed by atoms with E-state index in [2.05, 4.69) is 19.2 Å². The number of hydrogen-bond acceptors (Lipinski definition) is 2. The summed E-state index contributed by atoms with van der Waals surface area (Å²) in [7, 11) is 0. The molecule has 20 heavy (non-hydrogen) atoms. The summed E-state index contributed by atoms with van der Waals surface area (Å²) in [5.41, 5.74) is 1.03. The second-order valence-corrected chi connectivity index (χ2v) is 5.41. The van der Waals surface area contributed by atoms with Crippen molar-refractivity contribution < 1.29 is 4.79 Å². The highest BCUT2D eigenvalue weighted by Gasteiger charge is 2.14. The predicted octanol–water partition coefficient (Wildman–Crippen LogP) is 3.64. The van der Waals surface area contributed by atoms with Crippen molar-refractivity contribution in [1.82, 2.24) is 10.2 Å². The topological polar surface area (TPSA) is 32.3 Å². The molecule has 3 nitrogen and oxygen atoms in total. The van der Waals surface area contributed by atoms with Gasteiger partial charge < -0.3 is 10.2 Å². The van der Waals surface area contributed by atoms with Crippen molar-refractivity contribution in [3.63, 3.8) is 0 Å². The van der Waals surface area contributed by atoms with E-state index in [-0.39, 0.29) is 11.9 Å². The van der Waals surface area contributed by atoms with Crippen LogP contribution in [0.2, 0.25) is 5.02 Å². The Morgan fingerprint density at radius 3 is 2.40 bits per heavy atom. The number of benzene rings is 1. The third-order valence-corrected chi connectivity index (χ3v) is 3.62. The zero-order valence-electron chi connectivity index (χ0n) is 12.7. The maximum atomic E-state index is 12.2. The Morgan fingerprint density at radius 1 is 1.25 bits per heavy atom. The van der Waals surface area contributed by atoms with E-state index in [9.17, 15) is 4.79 Å². The molecule has 1 atom stereocenters. The third kappa shape index (κ3) is 5.14. The molecule has 0 aliphatic carbocycles. The molecule has 0 saturated carbocycles. The van der Waals surface area contributed by atoms with Crippen LogP contribution in [0.15, 0.2) is 24.3 Å². The Kier molecular flexibility index (Phi) is 7.63. The maximum absolute atomic E-state index is 12.2. The molecule has 4 heteroatoms. The first-order chi connectivity index (χ1) is 9.60. The fraction of sp³-hybridized carbons (Fsp3) is 0.562. The first-order valence-electron chi connectivity index (χ1n) is 7.35. The fourth-order valence-electron chi connectivity index (χ4n) is 2.19. The van der Waals surface area contributed by atoms with Crippen LogP contribution in [0.3, 0.4) is 0 Å². The summed E-state index contributed by atoms with van der Waals surface area (Å²) < 4.78 is 0. The van der Waals surface area contributed by atoms with E-state index < -0.39 is 0 Å². The second kappa shape index (κ2) is 8.98. The fourth-order valence-corrected chi connectivity index (χ4v) is 2.49. The Balaban J connectivity index is 2.53. The summed E-state index contributed by atoms with van der Waals surface area (Å²) in [5, 5.41) is 4.00. The van der Waals surface area contributed by atoms with Crippen LogP contribution in [0.25, 0.3) is 0 Å². The molecule has 112 valence electrons. The SMILES string of the molecule is CCCN(CCC)C(=O)CNC(C)c1ccccc1Cl. The van der Waals surface area contributed by atoms with E-state index >= 15 is 0 Å². The van der Waals surface area contributed by atoms with Crippen LogP contribution in [-0.4, -0.2) is 30.4 Å². The molecule has 0 heterocycles. The molecular weight excluding hydrogens is 272 g/mol. The van der Waals surface area contributed by atoms with E-state index in [4.69, 9.17) is 11.6 Å². The van der Waals surface area contributed by atoms with E-state index in [1.54, 1.807) is 0 Å². The van der Waals surface area contributed by atoms with Gasteiger partial charge in [0.05, 0.1) is 6.54 Å². The van der Waals surface area contributed by atoms with Crippen LogP contribution in [0.5, 0.6) is 0 Å². The summed E-state index contributed by atoms with van der Waals surface area (Å²) in [6.45, 7) is 8.22. The number of rotatable bonds is 8. The van der Waals surface area contributed by atoms with Gasteiger partial charge in [-0.1, -0.05) is 43.6 Å². The lowest BCUT2D eigenvalue weighted by molar-refractivity contribution is -0.130. The van der Waals surface area contributed by atoms with Gasteiger partial charge in [0.15, 0.2) is 0 Å². The molecule has 0 spiro atoms. The van der Waals surface area contributed by atoms with Gasteiger partial charge in [-0.3, -0.25) is 4.79 Å². The van der Waals surface area contributed by atoms with E-state index in [0.717, 1.165) is 36.5 Å². The molecule has 1 aromatic rings. The minimum absolute atomic E-state index is 0.0674. The monoisotopic (exact) mass is 296 g/mol. The van der Waals surface area contributed by atoms with Gasteiger partial charge in [0.2, 0.25) is 5.91 Å². The number of hydrogen-bond donors (Lipinski definition) is 1. The molecule has 1 rings (SSSR count). The van der Waals surface area contributed by atoms with Gasteiger partial charge in [-0.25, -0.2) is 0 Å². The van der Waals surface area contributed by atoms with Crippen molar-refractivity contribution >= 4 is 17.5 Å². The summed E-state index contributed by atoms with van der Waals surface area (Å²) in [6, 6.07) is 7.80. The molecule has 0 bridgehead atoms.